The molecule has 0 amide bonds. The molecule has 3 N–H and O–H groups in total. The molecule has 2 aromatic rings. The maximum Gasteiger partial charge on any atom is 0.0644 e. The molecule has 1 unspecified atom stereocenters. The van der Waals surface area contributed by atoms with Gasteiger partial charge in [-0.25, -0.2) is 0 Å². The van der Waals surface area contributed by atoms with Crippen molar-refractivity contribution in [2.24, 2.45) is 12.9 Å². The first-order valence-corrected chi connectivity index (χ1v) is 7.03. The van der Waals surface area contributed by atoms with Gasteiger partial charge in [0.25, 0.3) is 0 Å². The fourth-order valence-corrected chi connectivity index (χ4v) is 2.89. The highest BCUT2D eigenvalue weighted by molar-refractivity contribution is 6.31. The molecule has 0 saturated heterocycles. The zero-order chi connectivity index (χ0) is 14.9. The minimum absolute atomic E-state index is 0.00362. The van der Waals surface area contributed by atoms with E-state index >= 15 is 0 Å². The highest BCUT2D eigenvalue weighted by Gasteiger charge is 2.20. The second kappa shape index (κ2) is 5.95. The Balaban J connectivity index is 2.33. The predicted octanol–water partition coefficient (Wildman–Crippen LogP) is 2.75. The van der Waals surface area contributed by atoms with Crippen molar-refractivity contribution in [3.8, 4) is 0 Å². The molecule has 108 valence electrons. The van der Waals surface area contributed by atoms with Crippen molar-refractivity contribution in [3.63, 3.8) is 0 Å². The van der Waals surface area contributed by atoms with E-state index in [9.17, 15) is 0 Å². The number of hydrazine groups is 1. The molecule has 0 radical (unpaired) electrons. The summed E-state index contributed by atoms with van der Waals surface area (Å²) in [6.45, 7) is 6.09. The summed E-state index contributed by atoms with van der Waals surface area (Å²) in [5.41, 5.74) is 8.40. The fraction of sp³-hybridized carbons (Fsp3) is 0.400. The number of nitrogens with two attached hydrogens (primary N) is 1. The van der Waals surface area contributed by atoms with E-state index in [4.69, 9.17) is 17.4 Å². The summed E-state index contributed by atoms with van der Waals surface area (Å²) in [5.74, 6) is 5.75. The monoisotopic (exact) mass is 292 g/mol. The maximum atomic E-state index is 6.31. The fourth-order valence-electron chi connectivity index (χ4n) is 2.58. The Morgan fingerprint density at radius 3 is 2.55 bits per heavy atom. The highest BCUT2D eigenvalue weighted by atomic mass is 35.5. The normalized spacial score (nSPS) is 12.7. The van der Waals surface area contributed by atoms with E-state index in [1.807, 2.05) is 31.6 Å². The maximum absolute atomic E-state index is 6.31. The van der Waals surface area contributed by atoms with Crippen LogP contribution < -0.4 is 11.3 Å². The topological polar surface area (TPSA) is 55.9 Å². The molecule has 5 heteroatoms. The SMILES string of the molecule is Cc1ccc(CC(NN)c2c(C)nn(C)c2C)c(Cl)c1. The van der Waals surface area contributed by atoms with Crippen molar-refractivity contribution in [2.75, 3.05) is 0 Å². The molecule has 0 fully saturated rings. The molecule has 4 nitrogen and oxygen atoms in total. The third kappa shape index (κ3) is 2.87. The molecule has 0 saturated carbocycles. The summed E-state index contributed by atoms with van der Waals surface area (Å²) < 4.78 is 1.88. The van der Waals surface area contributed by atoms with E-state index in [0.29, 0.717) is 0 Å². The molecule has 1 aromatic heterocycles. The zero-order valence-electron chi connectivity index (χ0n) is 12.4. The van der Waals surface area contributed by atoms with Gasteiger partial charge in [-0.05, 0) is 44.4 Å². The number of nitrogens with one attached hydrogen (secondary N) is 1. The first-order valence-electron chi connectivity index (χ1n) is 6.65. The second-order valence-corrected chi connectivity index (χ2v) is 5.63. The number of benzene rings is 1. The van der Waals surface area contributed by atoms with Gasteiger partial charge in [-0.1, -0.05) is 23.7 Å². The van der Waals surface area contributed by atoms with Gasteiger partial charge < -0.3 is 0 Å². The van der Waals surface area contributed by atoms with E-state index < -0.39 is 0 Å². The van der Waals surface area contributed by atoms with Crippen LogP contribution in [0.15, 0.2) is 18.2 Å². The molecule has 0 bridgehead atoms. The van der Waals surface area contributed by atoms with Crippen LogP contribution in [-0.4, -0.2) is 9.78 Å². The Hall–Kier alpha value is -1.36. The largest absolute Gasteiger partial charge is 0.272 e. The van der Waals surface area contributed by atoms with Crippen LogP contribution in [0.1, 0.15) is 34.1 Å². The lowest BCUT2D eigenvalue weighted by Crippen LogP contribution is -2.30. The standard InChI is InChI=1S/C15H21ClN4/c1-9-5-6-12(13(16)7-9)8-14(18-17)15-10(2)19-20(4)11(15)3/h5-7,14,18H,8,17H2,1-4H3. The molecule has 2 rings (SSSR count). The Labute approximate surface area is 124 Å². The summed E-state index contributed by atoms with van der Waals surface area (Å²) in [6.07, 6.45) is 0.739. The lowest BCUT2D eigenvalue weighted by Gasteiger charge is -2.18. The molecule has 0 spiro atoms. The quantitative estimate of drug-likeness (QED) is 0.673. The van der Waals surface area contributed by atoms with Crippen molar-refractivity contribution in [3.05, 3.63) is 51.3 Å². The van der Waals surface area contributed by atoms with Gasteiger partial charge in [0.1, 0.15) is 0 Å². The molecular weight excluding hydrogens is 272 g/mol. The average molecular weight is 293 g/mol. The van der Waals surface area contributed by atoms with Crippen molar-refractivity contribution in [1.29, 1.82) is 0 Å². The van der Waals surface area contributed by atoms with Gasteiger partial charge in [0.15, 0.2) is 0 Å². The first kappa shape index (κ1) is 15.0. The number of nitrogens with zero attached hydrogens (tertiary/aromatic N) is 2. The summed E-state index contributed by atoms with van der Waals surface area (Å²) in [7, 11) is 1.94. The number of hydrogen-bond donors (Lipinski definition) is 2. The molecule has 1 atom stereocenters. The minimum atomic E-state index is 0.00362. The van der Waals surface area contributed by atoms with Crippen LogP contribution in [0, 0.1) is 20.8 Å². The Morgan fingerprint density at radius 1 is 1.35 bits per heavy atom. The molecule has 0 aliphatic heterocycles. The molecule has 1 aromatic carbocycles. The number of rotatable bonds is 4. The van der Waals surface area contributed by atoms with E-state index in [1.165, 1.54) is 0 Å². The average Bonchev–Trinajstić information content (AvgIpc) is 2.63. The molecule has 20 heavy (non-hydrogen) atoms. The predicted molar refractivity (Wildman–Crippen MR) is 82.6 cm³/mol. The van der Waals surface area contributed by atoms with Crippen molar-refractivity contribution in [1.82, 2.24) is 15.2 Å². The van der Waals surface area contributed by atoms with Gasteiger partial charge in [-0.2, -0.15) is 5.10 Å². The van der Waals surface area contributed by atoms with Crippen LogP contribution in [-0.2, 0) is 13.5 Å². The number of halogens is 1. The van der Waals surface area contributed by atoms with Crippen LogP contribution in [0.5, 0.6) is 0 Å². The Kier molecular flexibility index (Phi) is 4.48. The summed E-state index contributed by atoms with van der Waals surface area (Å²) >= 11 is 6.31. The molecular formula is C15H21ClN4. The van der Waals surface area contributed by atoms with Gasteiger partial charge in [-0.15, -0.1) is 0 Å². The van der Waals surface area contributed by atoms with Gasteiger partial charge >= 0.3 is 0 Å². The summed E-state index contributed by atoms with van der Waals surface area (Å²) in [5, 5.41) is 5.23. The van der Waals surface area contributed by atoms with Crippen LogP contribution in [0.25, 0.3) is 0 Å². The van der Waals surface area contributed by atoms with E-state index in [-0.39, 0.29) is 6.04 Å². The third-order valence-electron chi connectivity index (χ3n) is 3.75. The third-order valence-corrected chi connectivity index (χ3v) is 4.10. The molecule has 0 aliphatic rings. The number of aromatic nitrogens is 2. The first-order chi connectivity index (χ1) is 9.43. The smallest absolute Gasteiger partial charge is 0.0644 e. The molecule has 0 aliphatic carbocycles. The van der Waals surface area contributed by atoms with E-state index in [1.54, 1.807) is 0 Å². The van der Waals surface area contributed by atoms with Crippen LogP contribution >= 0.6 is 11.6 Å². The number of aryl methyl sites for hydroxylation is 3. The Bertz CT molecular complexity index is 619. The summed E-state index contributed by atoms with van der Waals surface area (Å²) in [6, 6.07) is 6.11. The van der Waals surface area contributed by atoms with Gasteiger partial charge in [0.05, 0.1) is 11.7 Å². The second-order valence-electron chi connectivity index (χ2n) is 5.23. The lowest BCUT2D eigenvalue weighted by atomic mass is 9.97. The zero-order valence-corrected chi connectivity index (χ0v) is 13.1. The van der Waals surface area contributed by atoms with E-state index in [2.05, 4.69) is 29.6 Å². The van der Waals surface area contributed by atoms with Crippen molar-refractivity contribution >= 4 is 11.6 Å². The minimum Gasteiger partial charge on any atom is -0.272 e. The highest BCUT2D eigenvalue weighted by Crippen LogP contribution is 2.27. The number of hydrogen-bond acceptors (Lipinski definition) is 3. The van der Waals surface area contributed by atoms with Crippen molar-refractivity contribution in [2.45, 2.75) is 33.2 Å². The van der Waals surface area contributed by atoms with Gasteiger partial charge in [0.2, 0.25) is 0 Å². The van der Waals surface area contributed by atoms with Crippen molar-refractivity contribution < 1.29 is 0 Å². The van der Waals surface area contributed by atoms with Gasteiger partial charge in [0, 0.05) is 23.3 Å². The van der Waals surface area contributed by atoms with Gasteiger partial charge in [-0.3, -0.25) is 16.0 Å². The van der Waals surface area contributed by atoms with E-state index in [0.717, 1.165) is 39.5 Å². The molecule has 1 heterocycles. The van der Waals surface area contributed by atoms with Crippen LogP contribution in [0.2, 0.25) is 5.02 Å². The Morgan fingerprint density at radius 2 is 2.05 bits per heavy atom. The van der Waals surface area contributed by atoms with Crippen LogP contribution in [0.3, 0.4) is 0 Å². The summed E-state index contributed by atoms with van der Waals surface area (Å²) in [4.78, 5) is 0. The lowest BCUT2D eigenvalue weighted by molar-refractivity contribution is 0.546. The van der Waals surface area contributed by atoms with Crippen LogP contribution in [0.4, 0.5) is 0 Å².